The molecule has 88 valence electrons. The SMILES string of the molecule is CC1CC1CN(C)c1cc([C@H](C)N)ccn1. The summed E-state index contributed by atoms with van der Waals surface area (Å²) in [7, 11) is 2.11. The first-order valence-electron chi connectivity index (χ1n) is 6.00. The Balaban J connectivity index is 2.04. The highest BCUT2D eigenvalue weighted by molar-refractivity contribution is 5.41. The molecule has 0 aromatic carbocycles. The third kappa shape index (κ3) is 2.53. The van der Waals surface area contributed by atoms with Crippen LogP contribution in [0.4, 0.5) is 5.82 Å². The molecule has 2 rings (SSSR count). The van der Waals surface area contributed by atoms with Gasteiger partial charge in [0.25, 0.3) is 0 Å². The van der Waals surface area contributed by atoms with Gasteiger partial charge in [0.1, 0.15) is 5.82 Å². The van der Waals surface area contributed by atoms with Crippen LogP contribution in [-0.2, 0) is 0 Å². The Morgan fingerprint density at radius 1 is 1.62 bits per heavy atom. The zero-order chi connectivity index (χ0) is 11.7. The molecule has 2 unspecified atom stereocenters. The summed E-state index contributed by atoms with van der Waals surface area (Å²) in [5, 5.41) is 0. The van der Waals surface area contributed by atoms with E-state index in [0.717, 1.165) is 29.8 Å². The minimum absolute atomic E-state index is 0.0787. The quantitative estimate of drug-likeness (QED) is 0.844. The second kappa shape index (κ2) is 4.42. The van der Waals surface area contributed by atoms with Gasteiger partial charge in [-0.2, -0.15) is 0 Å². The number of nitrogens with two attached hydrogens (primary N) is 1. The molecule has 2 N–H and O–H groups in total. The van der Waals surface area contributed by atoms with Gasteiger partial charge in [-0.15, -0.1) is 0 Å². The lowest BCUT2D eigenvalue weighted by Gasteiger charge is -2.19. The Bertz CT molecular complexity index is 362. The van der Waals surface area contributed by atoms with Crippen molar-refractivity contribution in [2.75, 3.05) is 18.5 Å². The maximum atomic E-state index is 5.87. The molecular weight excluding hydrogens is 198 g/mol. The molecule has 1 aromatic rings. The van der Waals surface area contributed by atoms with Gasteiger partial charge in [-0.1, -0.05) is 6.92 Å². The van der Waals surface area contributed by atoms with Gasteiger partial charge < -0.3 is 10.6 Å². The predicted molar refractivity (Wildman–Crippen MR) is 67.4 cm³/mol. The van der Waals surface area contributed by atoms with E-state index >= 15 is 0 Å². The lowest BCUT2D eigenvalue weighted by Crippen LogP contribution is -2.22. The summed E-state index contributed by atoms with van der Waals surface area (Å²) in [6, 6.07) is 4.16. The lowest BCUT2D eigenvalue weighted by molar-refractivity contribution is 0.717. The topological polar surface area (TPSA) is 42.1 Å². The molecule has 3 heteroatoms. The number of rotatable bonds is 4. The van der Waals surface area contributed by atoms with Gasteiger partial charge in [0.2, 0.25) is 0 Å². The van der Waals surface area contributed by atoms with Crippen molar-refractivity contribution >= 4 is 5.82 Å². The normalized spacial score (nSPS) is 25.2. The van der Waals surface area contributed by atoms with Crippen LogP contribution in [0.2, 0.25) is 0 Å². The summed E-state index contributed by atoms with van der Waals surface area (Å²) in [4.78, 5) is 6.63. The number of pyridine rings is 1. The highest BCUT2D eigenvalue weighted by Crippen LogP contribution is 2.38. The summed E-state index contributed by atoms with van der Waals surface area (Å²) in [5.41, 5.74) is 7.03. The van der Waals surface area contributed by atoms with Crippen molar-refractivity contribution in [2.24, 2.45) is 17.6 Å². The van der Waals surface area contributed by atoms with Crippen molar-refractivity contribution in [1.29, 1.82) is 0 Å². The molecule has 3 nitrogen and oxygen atoms in total. The van der Waals surface area contributed by atoms with E-state index in [0.29, 0.717) is 0 Å². The Morgan fingerprint density at radius 2 is 2.31 bits per heavy atom. The van der Waals surface area contributed by atoms with Crippen molar-refractivity contribution in [3.05, 3.63) is 23.9 Å². The van der Waals surface area contributed by atoms with Gasteiger partial charge in [-0.05, 0) is 42.9 Å². The van der Waals surface area contributed by atoms with Crippen LogP contribution in [0, 0.1) is 11.8 Å². The first kappa shape index (κ1) is 11.4. The number of hydrogen-bond acceptors (Lipinski definition) is 3. The highest BCUT2D eigenvalue weighted by atomic mass is 15.2. The Morgan fingerprint density at radius 3 is 2.88 bits per heavy atom. The molecule has 0 bridgehead atoms. The summed E-state index contributed by atoms with van der Waals surface area (Å²) >= 11 is 0. The predicted octanol–water partition coefficient (Wildman–Crippen LogP) is 2.19. The van der Waals surface area contributed by atoms with E-state index in [9.17, 15) is 0 Å². The average Bonchev–Trinajstić information content (AvgIpc) is 2.94. The van der Waals surface area contributed by atoms with E-state index in [1.807, 2.05) is 19.2 Å². The first-order chi connectivity index (χ1) is 7.58. The maximum Gasteiger partial charge on any atom is 0.128 e. The summed E-state index contributed by atoms with van der Waals surface area (Å²) in [6.45, 7) is 5.42. The van der Waals surface area contributed by atoms with Gasteiger partial charge in [0, 0.05) is 25.8 Å². The highest BCUT2D eigenvalue weighted by Gasteiger charge is 2.33. The fourth-order valence-electron chi connectivity index (χ4n) is 2.02. The van der Waals surface area contributed by atoms with Gasteiger partial charge in [-0.25, -0.2) is 4.98 Å². The Hall–Kier alpha value is -1.09. The van der Waals surface area contributed by atoms with E-state index in [1.54, 1.807) is 0 Å². The molecule has 1 fully saturated rings. The molecule has 1 aliphatic rings. The molecule has 0 spiro atoms. The van der Waals surface area contributed by atoms with Gasteiger partial charge in [0.15, 0.2) is 0 Å². The van der Waals surface area contributed by atoms with Gasteiger partial charge in [0.05, 0.1) is 0 Å². The Kier molecular flexibility index (Phi) is 3.15. The average molecular weight is 219 g/mol. The van der Waals surface area contributed by atoms with Crippen molar-refractivity contribution in [3.63, 3.8) is 0 Å². The number of nitrogens with zero attached hydrogens (tertiary/aromatic N) is 2. The number of anilines is 1. The molecule has 0 radical (unpaired) electrons. The largest absolute Gasteiger partial charge is 0.359 e. The zero-order valence-corrected chi connectivity index (χ0v) is 10.4. The lowest BCUT2D eigenvalue weighted by atomic mass is 10.1. The van der Waals surface area contributed by atoms with Crippen LogP contribution in [-0.4, -0.2) is 18.6 Å². The molecule has 0 aliphatic heterocycles. The van der Waals surface area contributed by atoms with Crippen LogP contribution >= 0.6 is 0 Å². The first-order valence-corrected chi connectivity index (χ1v) is 6.00. The van der Waals surface area contributed by atoms with E-state index in [-0.39, 0.29) is 6.04 Å². The van der Waals surface area contributed by atoms with Crippen LogP contribution in [0.1, 0.15) is 31.9 Å². The second-order valence-corrected chi connectivity index (χ2v) is 5.09. The van der Waals surface area contributed by atoms with Crippen molar-refractivity contribution < 1.29 is 0 Å². The standard InChI is InChI=1S/C13H21N3/c1-9-6-12(9)8-16(3)13-7-11(10(2)14)4-5-15-13/h4-5,7,9-10,12H,6,8,14H2,1-3H3/t9?,10-,12?/m0/s1. The summed E-state index contributed by atoms with van der Waals surface area (Å²) < 4.78 is 0. The van der Waals surface area contributed by atoms with Crippen LogP contribution in [0.15, 0.2) is 18.3 Å². The van der Waals surface area contributed by atoms with Crippen LogP contribution < -0.4 is 10.6 Å². The van der Waals surface area contributed by atoms with E-state index in [4.69, 9.17) is 5.73 Å². The van der Waals surface area contributed by atoms with E-state index in [2.05, 4.69) is 29.9 Å². The monoisotopic (exact) mass is 219 g/mol. The van der Waals surface area contributed by atoms with Crippen molar-refractivity contribution in [2.45, 2.75) is 26.3 Å². The molecule has 1 aliphatic carbocycles. The Labute approximate surface area is 97.7 Å². The number of aromatic nitrogens is 1. The van der Waals surface area contributed by atoms with Gasteiger partial charge >= 0.3 is 0 Å². The summed E-state index contributed by atoms with van der Waals surface area (Å²) in [6.07, 6.45) is 3.21. The molecule has 3 atom stereocenters. The summed E-state index contributed by atoms with van der Waals surface area (Å²) in [5.74, 6) is 2.78. The fourth-order valence-corrected chi connectivity index (χ4v) is 2.02. The van der Waals surface area contributed by atoms with Crippen LogP contribution in [0.5, 0.6) is 0 Å². The fraction of sp³-hybridized carbons (Fsp3) is 0.615. The third-order valence-corrected chi connectivity index (χ3v) is 3.47. The molecule has 0 amide bonds. The molecule has 0 saturated heterocycles. The third-order valence-electron chi connectivity index (χ3n) is 3.47. The van der Waals surface area contributed by atoms with Crippen molar-refractivity contribution in [1.82, 2.24) is 4.98 Å². The molecular formula is C13H21N3. The number of hydrogen-bond donors (Lipinski definition) is 1. The molecule has 16 heavy (non-hydrogen) atoms. The maximum absolute atomic E-state index is 5.87. The van der Waals surface area contributed by atoms with E-state index < -0.39 is 0 Å². The second-order valence-electron chi connectivity index (χ2n) is 5.09. The van der Waals surface area contributed by atoms with Crippen molar-refractivity contribution in [3.8, 4) is 0 Å². The van der Waals surface area contributed by atoms with Crippen LogP contribution in [0.25, 0.3) is 0 Å². The molecule has 1 aromatic heterocycles. The van der Waals surface area contributed by atoms with E-state index in [1.165, 1.54) is 6.42 Å². The van der Waals surface area contributed by atoms with Gasteiger partial charge in [-0.3, -0.25) is 0 Å². The molecule has 1 saturated carbocycles. The minimum Gasteiger partial charge on any atom is -0.359 e. The zero-order valence-electron chi connectivity index (χ0n) is 10.4. The smallest absolute Gasteiger partial charge is 0.128 e. The van der Waals surface area contributed by atoms with Crippen LogP contribution in [0.3, 0.4) is 0 Å². The molecule has 1 heterocycles. The minimum atomic E-state index is 0.0787.